The van der Waals surface area contributed by atoms with Gasteiger partial charge in [-0.15, -0.1) is 0 Å². The zero-order valence-corrected chi connectivity index (χ0v) is 8.98. The Morgan fingerprint density at radius 2 is 2.20 bits per heavy atom. The summed E-state index contributed by atoms with van der Waals surface area (Å²) in [6.45, 7) is 2.05. The van der Waals surface area contributed by atoms with Gasteiger partial charge in [0.25, 0.3) is 0 Å². The standard InChI is InChI=1S/C13H16N2/c1-10(14)5-6-11-3-2-4-12-9-15-8-7-13(11)12/h2-4,7-10H,5-6,14H2,1H3/t10-/m1/s1. The molecule has 0 saturated carbocycles. The van der Waals surface area contributed by atoms with Crippen molar-refractivity contribution in [1.82, 2.24) is 4.98 Å². The molecule has 2 heteroatoms. The van der Waals surface area contributed by atoms with Gasteiger partial charge in [0.1, 0.15) is 0 Å². The molecule has 1 aromatic carbocycles. The third-order valence-corrected chi connectivity index (χ3v) is 2.64. The number of benzene rings is 1. The van der Waals surface area contributed by atoms with Crippen molar-refractivity contribution >= 4 is 10.8 Å². The molecule has 1 atom stereocenters. The monoisotopic (exact) mass is 200 g/mol. The molecule has 0 bridgehead atoms. The van der Waals surface area contributed by atoms with Gasteiger partial charge in [-0.1, -0.05) is 18.2 Å². The number of hydrogen-bond acceptors (Lipinski definition) is 2. The maximum Gasteiger partial charge on any atom is 0.0346 e. The number of fused-ring (bicyclic) bond motifs is 1. The third kappa shape index (κ3) is 2.34. The van der Waals surface area contributed by atoms with E-state index < -0.39 is 0 Å². The molecule has 0 amide bonds. The third-order valence-electron chi connectivity index (χ3n) is 2.64. The molecule has 0 aliphatic heterocycles. The van der Waals surface area contributed by atoms with Gasteiger partial charge in [0.2, 0.25) is 0 Å². The summed E-state index contributed by atoms with van der Waals surface area (Å²) in [4.78, 5) is 4.12. The Morgan fingerprint density at radius 3 is 3.00 bits per heavy atom. The number of hydrogen-bond donors (Lipinski definition) is 1. The Labute approximate surface area is 90.1 Å². The van der Waals surface area contributed by atoms with Crippen molar-refractivity contribution in [2.24, 2.45) is 5.73 Å². The van der Waals surface area contributed by atoms with Crippen LogP contribution in [-0.2, 0) is 6.42 Å². The van der Waals surface area contributed by atoms with E-state index in [4.69, 9.17) is 5.73 Å². The molecule has 2 aromatic rings. The highest BCUT2D eigenvalue weighted by molar-refractivity contribution is 5.84. The first-order chi connectivity index (χ1) is 7.27. The van der Waals surface area contributed by atoms with Gasteiger partial charge in [-0.05, 0) is 36.8 Å². The van der Waals surface area contributed by atoms with Gasteiger partial charge in [0, 0.05) is 23.8 Å². The van der Waals surface area contributed by atoms with E-state index >= 15 is 0 Å². The molecule has 2 nitrogen and oxygen atoms in total. The van der Waals surface area contributed by atoms with Gasteiger partial charge in [0.15, 0.2) is 0 Å². The van der Waals surface area contributed by atoms with Gasteiger partial charge < -0.3 is 5.73 Å². The smallest absolute Gasteiger partial charge is 0.0346 e. The van der Waals surface area contributed by atoms with Crippen LogP contribution >= 0.6 is 0 Å². The van der Waals surface area contributed by atoms with Crippen molar-refractivity contribution in [3.05, 3.63) is 42.2 Å². The SMILES string of the molecule is C[C@@H](N)CCc1cccc2cnccc12. The number of pyridine rings is 1. The first-order valence-electron chi connectivity index (χ1n) is 5.34. The Balaban J connectivity index is 2.34. The lowest BCUT2D eigenvalue weighted by Gasteiger charge is -2.07. The second kappa shape index (κ2) is 4.41. The van der Waals surface area contributed by atoms with Gasteiger partial charge in [-0.2, -0.15) is 0 Å². The van der Waals surface area contributed by atoms with Gasteiger partial charge >= 0.3 is 0 Å². The van der Waals surface area contributed by atoms with E-state index in [1.54, 1.807) is 0 Å². The van der Waals surface area contributed by atoms with Crippen LogP contribution in [0.5, 0.6) is 0 Å². The molecule has 2 N–H and O–H groups in total. The second-order valence-corrected chi connectivity index (χ2v) is 4.03. The lowest BCUT2D eigenvalue weighted by molar-refractivity contribution is 0.668. The number of aromatic nitrogens is 1. The van der Waals surface area contributed by atoms with Crippen LogP contribution in [0.3, 0.4) is 0 Å². The van der Waals surface area contributed by atoms with Gasteiger partial charge in [-0.25, -0.2) is 0 Å². The molecule has 0 saturated heterocycles. The molecule has 2 rings (SSSR count). The summed E-state index contributed by atoms with van der Waals surface area (Å²) in [5, 5.41) is 2.51. The van der Waals surface area contributed by atoms with Crippen LogP contribution < -0.4 is 5.73 Å². The molecule has 0 spiro atoms. The predicted octanol–water partition coefficient (Wildman–Crippen LogP) is 2.51. The molecule has 1 aromatic heterocycles. The summed E-state index contributed by atoms with van der Waals surface area (Å²) in [6, 6.07) is 8.69. The number of nitrogens with zero attached hydrogens (tertiary/aromatic N) is 1. The summed E-state index contributed by atoms with van der Waals surface area (Å²) < 4.78 is 0. The van der Waals surface area contributed by atoms with Crippen LogP contribution in [0.2, 0.25) is 0 Å². The Morgan fingerprint density at radius 1 is 1.33 bits per heavy atom. The summed E-state index contributed by atoms with van der Waals surface area (Å²) >= 11 is 0. The lowest BCUT2D eigenvalue weighted by atomic mass is 10.0. The highest BCUT2D eigenvalue weighted by Gasteiger charge is 2.01. The first kappa shape index (κ1) is 10.1. The van der Waals surface area contributed by atoms with E-state index in [1.165, 1.54) is 16.3 Å². The van der Waals surface area contributed by atoms with Crippen molar-refractivity contribution in [2.45, 2.75) is 25.8 Å². The Bertz CT molecular complexity index is 444. The minimum atomic E-state index is 0.266. The van der Waals surface area contributed by atoms with Crippen molar-refractivity contribution in [3.63, 3.8) is 0 Å². The molecule has 0 aliphatic carbocycles. The molecule has 78 valence electrons. The Kier molecular flexibility index (Phi) is 2.97. The van der Waals surface area contributed by atoms with Gasteiger partial charge in [-0.3, -0.25) is 4.98 Å². The van der Waals surface area contributed by atoms with E-state index in [2.05, 4.69) is 29.2 Å². The fraction of sp³-hybridized carbons (Fsp3) is 0.308. The average Bonchev–Trinajstić information content (AvgIpc) is 2.26. The quantitative estimate of drug-likeness (QED) is 0.826. The molecule has 15 heavy (non-hydrogen) atoms. The molecule has 1 heterocycles. The summed E-state index contributed by atoms with van der Waals surface area (Å²) in [7, 11) is 0. The second-order valence-electron chi connectivity index (χ2n) is 4.03. The van der Waals surface area contributed by atoms with Crippen LogP contribution in [-0.4, -0.2) is 11.0 Å². The fourth-order valence-corrected chi connectivity index (χ4v) is 1.79. The van der Waals surface area contributed by atoms with Crippen molar-refractivity contribution in [1.29, 1.82) is 0 Å². The molecular formula is C13H16N2. The normalized spacial score (nSPS) is 12.9. The van der Waals surface area contributed by atoms with Crippen molar-refractivity contribution in [2.75, 3.05) is 0 Å². The fourth-order valence-electron chi connectivity index (χ4n) is 1.79. The van der Waals surface area contributed by atoms with Gasteiger partial charge in [0.05, 0.1) is 0 Å². The molecule has 0 aliphatic rings. The van der Waals surface area contributed by atoms with Crippen LogP contribution in [0.15, 0.2) is 36.7 Å². The number of aryl methyl sites for hydroxylation is 1. The molecule has 0 radical (unpaired) electrons. The summed E-state index contributed by atoms with van der Waals surface area (Å²) in [6.07, 6.45) is 5.82. The minimum absolute atomic E-state index is 0.266. The topological polar surface area (TPSA) is 38.9 Å². The summed E-state index contributed by atoms with van der Waals surface area (Å²) in [5.41, 5.74) is 7.14. The van der Waals surface area contributed by atoms with Crippen molar-refractivity contribution in [3.8, 4) is 0 Å². The number of rotatable bonds is 3. The molecule has 0 fully saturated rings. The molecule has 0 unspecified atom stereocenters. The first-order valence-corrected chi connectivity index (χ1v) is 5.34. The van der Waals surface area contributed by atoms with E-state index in [1.807, 2.05) is 19.3 Å². The van der Waals surface area contributed by atoms with Crippen LogP contribution in [0.1, 0.15) is 18.9 Å². The van der Waals surface area contributed by atoms with E-state index in [0.717, 1.165) is 12.8 Å². The van der Waals surface area contributed by atoms with Crippen LogP contribution in [0.25, 0.3) is 10.8 Å². The zero-order valence-electron chi connectivity index (χ0n) is 8.98. The van der Waals surface area contributed by atoms with Crippen LogP contribution in [0, 0.1) is 0 Å². The van der Waals surface area contributed by atoms with E-state index in [-0.39, 0.29) is 6.04 Å². The molecular weight excluding hydrogens is 184 g/mol. The predicted molar refractivity (Wildman–Crippen MR) is 63.7 cm³/mol. The average molecular weight is 200 g/mol. The maximum atomic E-state index is 5.77. The van der Waals surface area contributed by atoms with Crippen molar-refractivity contribution < 1.29 is 0 Å². The minimum Gasteiger partial charge on any atom is -0.328 e. The zero-order chi connectivity index (χ0) is 10.7. The highest BCUT2D eigenvalue weighted by Crippen LogP contribution is 2.18. The lowest BCUT2D eigenvalue weighted by Crippen LogP contribution is -2.15. The Hall–Kier alpha value is -1.41. The number of nitrogens with two attached hydrogens (primary N) is 1. The van der Waals surface area contributed by atoms with E-state index in [9.17, 15) is 0 Å². The highest BCUT2D eigenvalue weighted by atomic mass is 14.6. The summed E-state index contributed by atoms with van der Waals surface area (Å²) in [5.74, 6) is 0. The maximum absolute atomic E-state index is 5.77. The van der Waals surface area contributed by atoms with Crippen LogP contribution in [0.4, 0.5) is 0 Å². The largest absolute Gasteiger partial charge is 0.328 e. The van der Waals surface area contributed by atoms with E-state index in [0.29, 0.717) is 0 Å².